The van der Waals surface area contributed by atoms with E-state index in [1.165, 1.54) is 5.56 Å². The van der Waals surface area contributed by atoms with E-state index in [2.05, 4.69) is 32.3 Å². The van der Waals surface area contributed by atoms with Crippen molar-refractivity contribution >= 4 is 5.91 Å². The van der Waals surface area contributed by atoms with Crippen LogP contribution in [0.5, 0.6) is 5.75 Å². The summed E-state index contributed by atoms with van der Waals surface area (Å²) >= 11 is 0. The maximum Gasteiger partial charge on any atom is 0.220 e. The van der Waals surface area contributed by atoms with Crippen molar-refractivity contribution in [1.29, 1.82) is 0 Å². The minimum Gasteiger partial charge on any atom is -0.497 e. The molecular formula is C27H32N4O2. The zero-order valence-electron chi connectivity index (χ0n) is 19.2. The number of amides is 1. The molecule has 0 saturated carbocycles. The number of aromatic nitrogens is 2. The van der Waals surface area contributed by atoms with Gasteiger partial charge in [0.2, 0.25) is 5.91 Å². The molecule has 1 aliphatic heterocycles. The minimum absolute atomic E-state index is 0.137. The van der Waals surface area contributed by atoms with Crippen molar-refractivity contribution in [3.63, 3.8) is 0 Å². The van der Waals surface area contributed by atoms with Gasteiger partial charge in [-0.15, -0.1) is 0 Å². The van der Waals surface area contributed by atoms with Gasteiger partial charge in [0, 0.05) is 49.6 Å². The van der Waals surface area contributed by atoms with E-state index < -0.39 is 0 Å². The number of nitrogens with zero attached hydrogens (tertiary/aromatic N) is 3. The van der Waals surface area contributed by atoms with Crippen LogP contribution in [0.4, 0.5) is 0 Å². The van der Waals surface area contributed by atoms with Crippen molar-refractivity contribution in [2.45, 2.75) is 32.2 Å². The highest BCUT2D eigenvalue weighted by molar-refractivity contribution is 5.76. The molecule has 1 atom stereocenters. The Labute approximate surface area is 196 Å². The summed E-state index contributed by atoms with van der Waals surface area (Å²) in [5.74, 6) is 2.16. The molecule has 4 rings (SSSR count). The molecule has 1 aromatic heterocycles. The molecule has 1 fully saturated rings. The summed E-state index contributed by atoms with van der Waals surface area (Å²) in [5.41, 5.74) is 3.29. The van der Waals surface area contributed by atoms with Crippen LogP contribution in [0, 0.1) is 5.92 Å². The second kappa shape index (κ2) is 11.6. The summed E-state index contributed by atoms with van der Waals surface area (Å²) in [6, 6.07) is 17.9. The van der Waals surface area contributed by atoms with Gasteiger partial charge >= 0.3 is 0 Å². The minimum atomic E-state index is 0.137. The number of piperidine rings is 1. The number of methoxy groups -OCH3 is 1. The first-order chi connectivity index (χ1) is 16.2. The van der Waals surface area contributed by atoms with E-state index in [-0.39, 0.29) is 5.91 Å². The highest BCUT2D eigenvalue weighted by atomic mass is 16.5. The highest BCUT2D eigenvalue weighted by Crippen LogP contribution is 2.21. The van der Waals surface area contributed by atoms with Crippen molar-refractivity contribution in [2.75, 3.05) is 26.7 Å². The van der Waals surface area contributed by atoms with Crippen LogP contribution in [0.1, 0.15) is 30.4 Å². The number of rotatable bonds is 9. The molecule has 6 nitrogen and oxygen atoms in total. The van der Waals surface area contributed by atoms with Crippen LogP contribution < -0.4 is 10.1 Å². The number of carbonyl (C=O) groups excluding carboxylic acids is 1. The van der Waals surface area contributed by atoms with Crippen molar-refractivity contribution in [3.8, 4) is 17.1 Å². The molecule has 0 radical (unpaired) electrons. The number of hydrogen-bond donors (Lipinski definition) is 1. The molecule has 1 amide bonds. The molecule has 33 heavy (non-hydrogen) atoms. The molecule has 3 aromatic rings. The average molecular weight is 445 g/mol. The monoisotopic (exact) mass is 444 g/mol. The summed E-state index contributed by atoms with van der Waals surface area (Å²) in [4.78, 5) is 23.8. The van der Waals surface area contributed by atoms with Crippen LogP contribution in [-0.2, 0) is 17.8 Å². The van der Waals surface area contributed by atoms with Gasteiger partial charge in [0.25, 0.3) is 0 Å². The topological polar surface area (TPSA) is 67.3 Å². The molecule has 0 aliphatic carbocycles. The van der Waals surface area contributed by atoms with Crippen LogP contribution >= 0.6 is 0 Å². The number of aryl methyl sites for hydroxylation is 1. The SMILES string of the molecule is COc1ccc(-c2ncc(CN3CCC[C@H](CNC(=O)CCc4ccccc4)C3)cn2)cc1. The van der Waals surface area contributed by atoms with Gasteiger partial charge in [0.1, 0.15) is 5.75 Å². The summed E-state index contributed by atoms with van der Waals surface area (Å²) in [5, 5.41) is 3.14. The third-order valence-corrected chi connectivity index (χ3v) is 6.13. The number of benzene rings is 2. The fourth-order valence-electron chi connectivity index (χ4n) is 4.29. The van der Waals surface area contributed by atoms with E-state index >= 15 is 0 Å². The molecule has 172 valence electrons. The molecule has 0 bridgehead atoms. The van der Waals surface area contributed by atoms with Crippen LogP contribution in [-0.4, -0.2) is 47.5 Å². The van der Waals surface area contributed by atoms with E-state index in [9.17, 15) is 4.79 Å². The Kier molecular flexibility index (Phi) is 8.04. The Morgan fingerprint density at radius 3 is 2.55 bits per heavy atom. The fourth-order valence-corrected chi connectivity index (χ4v) is 4.29. The molecule has 0 spiro atoms. The summed E-state index contributed by atoms with van der Waals surface area (Å²) in [7, 11) is 1.66. The second-order valence-corrected chi connectivity index (χ2v) is 8.68. The van der Waals surface area contributed by atoms with E-state index in [0.29, 0.717) is 12.3 Å². The van der Waals surface area contributed by atoms with Crippen molar-refractivity contribution < 1.29 is 9.53 Å². The summed E-state index contributed by atoms with van der Waals surface area (Å²) in [6.45, 7) is 3.64. The van der Waals surface area contributed by atoms with Crippen LogP contribution in [0.25, 0.3) is 11.4 Å². The van der Waals surface area contributed by atoms with Gasteiger partial charge in [-0.1, -0.05) is 30.3 Å². The van der Waals surface area contributed by atoms with Gasteiger partial charge in [0.05, 0.1) is 7.11 Å². The number of nitrogens with one attached hydrogen (secondary N) is 1. The molecule has 6 heteroatoms. The Balaban J connectivity index is 1.22. The number of ether oxygens (including phenoxy) is 1. The standard InChI is InChI=1S/C27H32N4O2/c1-33-25-12-10-24(11-13-25)27-29-17-23(18-30-27)20-31-15-5-8-22(19-31)16-28-26(32)14-9-21-6-3-2-4-7-21/h2-4,6-7,10-13,17-18,22H,5,8-9,14-16,19-20H2,1H3,(H,28,32)/t22-/m1/s1. The first-order valence-corrected chi connectivity index (χ1v) is 11.7. The number of hydrogen-bond acceptors (Lipinski definition) is 5. The Morgan fingerprint density at radius 1 is 1.06 bits per heavy atom. The molecule has 1 saturated heterocycles. The van der Waals surface area contributed by atoms with Gasteiger partial charge in [-0.3, -0.25) is 9.69 Å². The Hall–Kier alpha value is -3.25. The Morgan fingerprint density at radius 2 is 1.82 bits per heavy atom. The average Bonchev–Trinajstić information content (AvgIpc) is 2.88. The maximum atomic E-state index is 12.3. The third-order valence-electron chi connectivity index (χ3n) is 6.13. The van der Waals surface area contributed by atoms with E-state index in [1.807, 2.05) is 54.9 Å². The van der Waals surface area contributed by atoms with Crippen molar-refractivity contribution in [3.05, 3.63) is 78.1 Å². The molecule has 1 N–H and O–H groups in total. The smallest absolute Gasteiger partial charge is 0.220 e. The second-order valence-electron chi connectivity index (χ2n) is 8.68. The lowest BCUT2D eigenvalue weighted by Crippen LogP contribution is -2.40. The van der Waals surface area contributed by atoms with Crippen LogP contribution in [0.3, 0.4) is 0 Å². The van der Waals surface area contributed by atoms with Gasteiger partial charge in [0.15, 0.2) is 5.82 Å². The predicted octanol–water partition coefficient (Wildman–Crippen LogP) is 4.11. The predicted molar refractivity (Wildman–Crippen MR) is 130 cm³/mol. The maximum absolute atomic E-state index is 12.3. The largest absolute Gasteiger partial charge is 0.497 e. The third kappa shape index (κ3) is 6.86. The van der Waals surface area contributed by atoms with Crippen LogP contribution in [0.2, 0.25) is 0 Å². The van der Waals surface area contributed by atoms with E-state index in [0.717, 1.165) is 68.1 Å². The zero-order chi connectivity index (χ0) is 22.9. The molecule has 0 unspecified atom stereocenters. The van der Waals surface area contributed by atoms with Gasteiger partial charge in [-0.25, -0.2) is 9.97 Å². The quantitative estimate of drug-likeness (QED) is 0.538. The number of likely N-dealkylation sites (tertiary alicyclic amines) is 1. The van der Waals surface area contributed by atoms with E-state index in [4.69, 9.17) is 4.74 Å². The molecular weight excluding hydrogens is 412 g/mol. The lowest BCUT2D eigenvalue weighted by atomic mass is 9.97. The van der Waals surface area contributed by atoms with Gasteiger partial charge in [-0.2, -0.15) is 0 Å². The zero-order valence-corrected chi connectivity index (χ0v) is 19.2. The molecule has 2 heterocycles. The lowest BCUT2D eigenvalue weighted by molar-refractivity contribution is -0.121. The first kappa shape index (κ1) is 22.9. The van der Waals surface area contributed by atoms with Crippen molar-refractivity contribution in [1.82, 2.24) is 20.2 Å². The van der Waals surface area contributed by atoms with Crippen molar-refractivity contribution in [2.24, 2.45) is 5.92 Å². The lowest BCUT2D eigenvalue weighted by Gasteiger charge is -2.32. The van der Waals surface area contributed by atoms with Gasteiger partial charge < -0.3 is 10.1 Å². The summed E-state index contributed by atoms with van der Waals surface area (Å²) < 4.78 is 5.21. The highest BCUT2D eigenvalue weighted by Gasteiger charge is 2.20. The Bertz CT molecular complexity index is 1010. The normalized spacial score (nSPS) is 16.3. The number of carbonyl (C=O) groups is 1. The van der Waals surface area contributed by atoms with Gasteiger partial charge in [-0.05, 0) is 61.6 Å². The van der Waals surface area contributed by atoms with E-state index in [1.54, 1.807) is 7.11 Å². The molecule has 1 aliphatic rings. The fraction of sp³-hybridized carbons (Fsp3) is 0.370. The first-order valence-electron chi connectivity index (χ1n) is 11.7. The molecule has 2 aromatic carbocycles. The van der Waals surface area contributed by atoms with Crippen LogP contribution in [0.15, 0.2) is 67.0 Å². The summed E-state index contributed by atoms with van der Waals surface area (Å²) in [6.07, 6.45) is 7.47.